The highest BCUT2D eigenvalue weighted by atomic mass is 35.5. The topological polar surface area (TPSA) is 91.7 Å². The summed E-state index contributed by atoms with van der Waals surface area (Å²) in [5.41, 5.74) is 1.73. The summed E-state index contributed by atoms with van der Waals surface area (Å²) in [5.74, 6) is 0.449. The van der Waals surface area contributed by atoms with Crippen molar-refractivity contribution in [1.29, 1.82) is 0 Å². The number of aliphatic hydroxyl groups is 2. The smallest absolute Gasteiger partial charge is 0.251 e. The maximum Gasteiger partial charge on any atom is 0.251 e. The number of nitrogens with zero attached hydrogens (tertiary/aromatic N) is 1. The summed E-state index contributed by atoms with van der Waals surface area (Å²) in [6.07, 6.45) is -1.00. The van der Waals surface area contributed by atoms with E-state index in [0.717, 1.165) is 5.56 Å². The Morgan fingerprint density at radius 2 is 1.79 bits per heavy atom. The molecule has 1 unspecified atom stereocenters. The van der Waals surface area contributed by atoms with Crippen LogP contribution >= 0.6 is 23.2 Å². The monoisotopic (exact) mass is 432 g/mol. The summed E-state index contributed by atoms with van der Waals surface area (Å²) in [6, 6.07) is 17.0. The number of benzene rings is 2. The van der Waals surface area contributed by atoms with E-state index in [1.54, 1.807) is 54.6 Å². The number of rotatable bonds is 7. The fourth-order valence-electron chi connectivity index (χ4n) is 2.54. The molecule has 29 heavy (non-hydrogen) atoms. The molecule has 0 spiro atoms. The first kappa shape index (κ1) is 21.1. The van der Waals surface area contributed by atoms with Crippen LogP contribution in [0.15, 0.2) is 60.7 Å². The van der Waals surface area contributed by atoms with Crippen molar-refractivity contribution >= 4 is 29.1 Å². The van der Waals surface area contributed by atoms with Crippen molar-refractivity contribution in [3.8, 4) is 22.9 Å². The van der Waals surface area contributed by atoms with Crippen molar-refractivity contribution in [2.24, 2.45) is 0 Å². The van der Waals surface area contributed by atoms with Gasteiger partial charge in [-0.05, 0) is 36.4 Å². The Morgan fingerprint density at radius 1 is 1.07 bits per heavy atom. The molecular weight excluding hydrogens is 415 g/mol. The van der Waals surface area contributed by atoms with Crippen LogP contribution in [0.1, 0.15) is 10.4 Å². The Morgan fingerprint density at radius 3 is 2.52 bits per heavy atom. The number of aliphatic hydroxyl groups excluding tert-OH is 2. The number of ether oxygens (including phenoxy) is 1. The summed E-state index contributed by atoms with van der Waals surface area (Å²) in [6.45, 7) is -0.460. The SMILES string of the molecule is O=C(NCC(O)CO)c1cccc(-c2cccc(Oc3cc(Cl)cc(Cl)c3)n2)c1. The number of nitrogens with one attached hydrogen (secondary N) is 1. The first-order valence-corrected chi connectivity index (χ1v) is 9.49. The Hall–Kier alpha value is -2.64. The molecule has 0 saturated carbocycles. The minimum atomic E-state index is -1.00. The largest absolute Gasteiger partial charge is 0.439 e. The van der Waals surface area contributed by atoms with Crippen molar-refractivity contribution in [2.45, 2.75) is 6.10 Å². The van der Waals surface area contributed by atoms with Crippen LogP contribution in [0.2, 0.25) is 10.0 Å². The Kier molecular flexibility index (Phi) is 7.06. The van der Waals surface area contributed by atoms with Gasteiger partial charge in [0.2, 0.25) is 5.88 Å². The highest BCUT2D eigenvalue weighted by Gasteiger charge is 2.11. The molecule has 2 aromatic carbocycles. The lowest BCUT2D eigenvalue weighted by molar-refractivity contribution is 0.0802. The third kappa shape index (κ3) is 5.92. The second-order valence-corrected chi connectivity index (χ2v) is 7.07. The molecule has 3 aromatic rings. The van der Waals surface area contributed by atoms with E-state index in [9.17, 15) is 9.90 Å². The van der Waals surface area contributed by atoms with Gasteiger partial charge < -0.3 is 20.3 Å². The number of hydrogen-bond donors (Lipinski definition) is 3. The van der Waals surface area contributed by atoms with E-state index in [4.69, 9.17) is 33.0 Å². The Bertz CT molecular complexity index is 993. The summed E-state index contributed by atoms with van der Waals surface area (Å²) in [4.78, 5) is 16.7. The molecule has 3 rings (SSSR count). The van der Waals surface area contributed by atoms with Crippen molar-refractivity contribution in [3.63, 3.8) is 0 Å². The van der Waals surface area contributed by atoms with E-state index < -0.39 is 12.7 Å². The van der Waals surface area contributed by atoms with E-state index in [-0.39, 0.29) is 12.5 Å². The molecule has 0 radical (unpaired) electrons. The van der Waals surface area contributed by atoms with Gasteiger partial charge >= 0.3 is 0 Å². The first-order chi connectivity index (χ1) is 13.9. The molecule has 3 N–H and O–H groups in total. The van der Waals surface area contributed by atoms with Gasteiger partial charge in [-0.1, -0.05) is 41.4 Å². The molecule has 8 heteroatoms. The van der Waals surface area contributed by atoms with Gasteiger partial charge in [0.1, 0.15) is 5.75 Å². The van der Waals surface area contributed by atoms with E-state index in [1.165, 1.54) is 0 Å². The van der Waals surface area contributed by atoms with Gasteiger partial charge in [0.15, 0.2) is 0 Å². The molecule has 1 aromatic heterocycles. The molecule has 0 aliphatic rings. The van der Waals surface area contributed by atoms with Gasteiger partial charge in [-0.3, -0.25) is 4.79 Å². The van der Waals surface area contributed by atoms with Crippen molar-refractivity contribution in [2.75, 3.05) is 13.2 Å². The van der Waals surface area contributed by atoms with Crippen molar-refractivity contribution in [3.05, 3.63) is 76.3 Å². The highest BCUT2D eigenvalue weighted by Crippen LogP contribution is 2.29. The zero-order valence-electron chi connectivity index (χ0n) is 15.2. The van der Waals surface area contributed by atoms with E-state index in [0.29, 0.717) is 32.9 Å². The van der Waals surface area contributed by atoms with Crippen molar-refractivity contribution < 1.29 is 19.7 Å². The van der Waals surface area contributed by atoms with Crippen LogP contribution < -0.4 is 10.1 Å². The predicted octanol–water partition coefficient (Wildman–Crippen LogP) is 3.93. The zero-order chi connectivity index (χ0) is 20.8. The average molecular weight is 433 g/mol. The maximum atomic E-state index is 12.2. The lowest BCUT2D eigenvalue weighted by Crippen LogP contribution is -2.33. The van der Waals surface area contributed by atoms with Crippen LogP contribution in [-0.4, -0.2) is 40.4 Å². The lowest BCUT2D eigenvalue weighted by Gasteiger charge is -2.10. The number of aromatic nitrogens is 1. The molecule has 1 amide bonds. The van der Waals surface area contributed by atoms with Gasteiger partial charge in [0, 0.05) is 33.8 Å². The molecular formula is C21H18Cl2N2O4. The second-order valence-electron chi connectivity index (χ2n) is 6.20. The van der Waals surface area contributed by atoms with E-state index >= 15 is 0 Å². The van der Waals surface area contributed by atoms with Crippen LogP contribution in [0.3, 0.4) is 0 Å². The van der Waals surface area contributed by atoms with Gasteiger partial charge in [-0.15, -0.1) is 0 Å². The van der Waals surface area contributed by atoms with Crippen LogP contribution in [0.5, 0.6) is 11.6 Å². The van der Waals surface area contributed by atoms with Gasteiger partial charge in [-0.2, -0.15) is 0 Å². The summed E-state index contributed by atoms with van der Waals surface area (Å²) >= 11 is 12.0. The molecule has 0 aliphatic heterocycles. The molecule has 0 saturated heterocycles. The van der Waals surface area contributed by atoms with Crippen LogP contribution in [0.25, 0.3) is 11.3 Å². The number of carbonyl (C=O) groups excluding carboxylic acids is 1. The van der Waals surface area contributed by atoms with Gasteiger partial charge in [0.05, 0.1) is 18.4 Å². The Labute approximate surface area is 177 Å². The summed E-state index contributed by atoms with van der Waals surface area (Å²) < 4.78 is 5.75. The fourth-order valence-corrected chi connectivity index (χ4v) is 3.04. The molecule has 0 aliphatic carbocycles. The highest BCUT2D eigenvalue weighted by molar-refractivity contribution is 6.34. The predicted molar refractivity (Wildman–Crippen MR) is 112 cm³/mol. The fraction of sp³-hybridized carbons (Fsp3) is 0.143. The lowest BCUT2D eigenvalue weighted by atomic mass is 10.1. The van der Waals surface area contributed by atoms with E-state index in [2.05, 4.69) is 10.3 Å². The van der Waals surface area contributed by atoms with Gasteiger partial charge in [-0.25, -0.2) is 4.98 Å². The number of amides is 1. The second kappa shape index (κ2) is 9.71. The molecule has 1 heterocycles. The van der Waals surface area contributed by atoms with Gasteiger partial charge in [0.25, 0.3) is 5.91 Å². The number of pyridine rings is 1. The van der Waals surface area contributed by atoms with Crippen LogP contribution in [0, 0.1) is 0 Å². The average Bonchev–Trinajstić information content (AvgIpc) is 2.71. The third-order valence-corrected chi connectivity index (χ3v) is 4.35. The van der Waals surface area contributed by atoms with E-state index in [1.807, 2.05) is 6.07 Å². The maximum absolute atomic E-state index is 12.2. The minimum Gasteiger partial charge on any atom is -0.439 e. The summed E-state index contributed by atoms with van der Waals surface area (Å²) in [5, 5.41) is 21.7. The standard InChI is InChI=1S/C21H18Cl2N2O4/c22-15-8-16(23)10-18(9-15)29-20-6-2-5-19(25-20)13-3-1-4-14(7-13)21(28)24-11-17(27)12-26/h1-10,17,26-27H,11-12H2,(H,24,28). The van der Waals surface area contributed by atoms with Crippen LogP contribution in [0.4, 0.5) is 0 Å². The number of halogens is 2. The van der Waals surface area contributed by atoms with Crippen LogP contribution in [-0.2, 0) is 0 Å². The molecule has 1 atom stereocenters. The first-order valence-electron chi connectivity index (χ1n) is 8.73. The minimum absolute atomic E-state index is 0.0384. The number of carbonyl (C=O) groups is 1. The molecule has 6 nitrogen and oxygen atoms in total. The normalized spacial score (nSPS) is 11.7. The number of hydrogen-bond acceptors (Lipinski definition) is 5. The molecule has 0 fully saturated rings. The third-order valence-electron chi connectivity index (χ3n) is 3.91. The summed E-state index contributed by atoms with van der Waals surface area (Å²) in [7, 11) is 0. The Balaban J connectivity index is 1.79. The zero-order valence-corrected chi connectivity index (χ0v) is 16.7. The van der Waals surface area contributed by atoms with Crippen molar-refractivity contribution in [1.82, 2.24) is 10.3 Å². The molecule has 0 bridgehead atoms. The molecule has 150 valence electrons. The quantitative estimate of drug-likeness (QED) is 0.525.